The van der Waals surface area contributed by atoms with Gasteiger partial charge in [-0.05, 0) is 35.9 Å². The summed E-state index contributed by atoms with van der Waals surface area (Å²) in [6, 6.07) is 21.8. The van der Waals surface area contributed by atoms with Crippen LogP contribution in [0.25, 0.3) is 11.3 Å². The van der Waals surface area contributed by atoms with Crippen LogP contribution in [0.5, 0.6) is 0 Å². The number of rotatable bonds is 6. The molecule has 5 nitrogen and oxygen atoms in total. The van der Waals surface area contributed by atoms with Crippen molar-refractivity contribution in [2.45, 2.75) is 6.54 Å². The van der Waals surface area contributed by atoms with Gasteiger partial charge in [-0.3, -0.25) is 4.98 Å². The van der Waals surface area contributed by atoms with Gasteiger partial charge in [0.15, 0.2) is 0 Å². The molecule has 0 aliphatic heterocycles. The largest absolute Gasteiger partial charge is 0.366 e. The van der Waals surface area contributed by atoms with Crippen molar-refractivity contribution in [3.05, 3.63) is 96.6 Å². The third kappa shape index (κ3) is 4.48. The number of benzene rings is 2. The van der Waals surface area contributed by atoms with Gasteiger partial charge in [0.05, 0.1) is 5.69 Å². The van der Waals surface area contributed by atoms with Crippen LogP contribution >= 0.6 is 0 Å². The fourth-order valence-electron chi connectivity index (χ4n) is 2.71. The first-order valence-corrected chi connectivity index (χ1v) is 8.86. The summed E-state index contributed by atoms with van der Waals surface area (Å²) < 4.78 is 13.2. The monoisotopic (exact) mass is 371 g/mol. The normalized spacial score (nSPS) is 10.5. The van der Waals surface area contributed by atoms with E-state index in [-0.39, 0.29) is 5.82 Å². The van der Waals surface area contributed by atoms with E-state index in [1.165, 1.54) is 12.1 Å². The highest BCUT2D eigenvalue weighted by Crippen LogP contribution is 2.23. The first kappa shape index (κ1) is 17.6. The van der Waals surface area contributed by atoms with Crippen molar-refractivity contribution in [1.29, 1.82) is 0 Å². The molecule has 0 spiro atoms. The zero-order valence-corrected chi connectivity index (χ0v) is 15.0. The quantitative estimate of drug-likeness (QED) is 0.497. The summed E-state index contributed by atoms with van der Waals surface area (Å²) in [5.74, 6) is 0.826. The van der Waals surface area contributed by atoms with Crippen LogP contribution in [0.2, 0.25) is 0 Å². The second-order valence-corrected chi connectivity index (χ2v) is 6.17. The fraction of sp³-hybridized carbons (Fsp3) is 0.0455. The molecule has 0 amide bonds. The third-order valence-electron chi connectivity index (χ3n) is 4.09. The zero-order chi connectivity index (χ0) is 19.2. The van der Waals surface area contributed by atoms with Gasteiger partial charge in [0.2, 0.25) is 5.95 Å². The predicted octanol–water partition coefficient (Wildman–Crippen LogP) is 5.03. The molecule has 0 atom stereocenters. The van der Waals surface area contributed by atoms with Crippen LogP contribution in [0, 0.1) is 5.82 Å². The Kier molecular flexibility index (Phi) is 5.20. The topological polar surface area (TPSA) is 62.7 Å². The molecule has 0 aliphatic carbocycles. The summed E-state index contributed by atoms with van der Waals surface area (Å²) in [4.78, 5) is 13.3. The van der Waals surface area contributed by atoms with E-state index >= 15 is 0 Å². The lowest BCUT2D eigenvalue weighted by Crippen LogP contribution is -2.05. The molecule has 138 valence electrons. The van der Waals surface area contributed by atoms with Gasteiger partial charge in [-0.2, -0.15) is 4.98 Å². The van der Waals surface area contributed by atoms with E-state index in [0.717, 1.165) is 16.8 Å². The first-order chi connectivity index (χ1) is 13.8. The van der Waals surface area contributed by atoms with Crippen molar-refractivity contribution in [3.8, 4) is 11.3 Å². The average molecular weight is 371 g/mol. The van der Waals surface area contributed by atoms with Gasteiger partial charge in [0, 0.05) is 36.3 Å². The number of halogens is 1. The van der Waals surface area contributed by atoms with Crippen molar-refractivity contribution in [2.75, 3.05) is 10.6 Å². The Hall–Kier alpha value is -3.80. The highest BCUT2D eigenvalue weighted by Gasteiger charge is 2.08. The molecule has 0 aliphatic rings. The molecule has 4 aromatic rings. The summed E-state index contributed by atoms with van der Waals surface area (Å²) in [6.45, 7) is 0.592. The summed E-state index contributed by atoms with van der Waals surface area (Å²) >= 11 is 0. The smallest absolute Gasteiger partial charge is 0.229 e. The Labute approximate surface area is 162 Å². The van der Waals surface area contributed by atoms with E-state index in [0.29, 0.717) is 24.0 Å². The second-order valence-electron chi connectivity index (χ2n) is 6.17. The fourth-order valence-corrected chi connectivity index (χ4v) is 2.71. The Morgan fingerprint density at radius 3 is 2.43 bits per heavy atom. The first-order valence-electron chi connectivity index (χ1n) is 8.86. The summed E-state index contributed by atoms with van der Waals surface area (Å²) in [7, 11) is 0. The minimum atomic E-state index is -0.289. The molecule has 28 heavy (non-hydrogen) atoms. The maximum absolute atomic E-state index is 13.2. The van der Waals surface area contributed by atoms with E-state index in [9.17, 15) is 4.39 Å². The van der Waals surface area contributed by atoms with Gasteiger partial charge in [-0.15, -0.1) is 0 Å². The Balaban J connectivity index is 1.63. The van der Waals surface area contributed by atoms with Gasteiger partial charge in [0.1, 0.15) is 11.6 Å². The molecule has 0 fully saturated rings. The molecule has 0 saturated heterocycles. The van der Waals surface area contributed by atoms with Crippen LogP contribution in [-0.2, 0) is 6.54 Å². The molecule has 0 saturated carbocycles. The predicted molar refractivity (Wildman–Crippen MR) is 109 cm³/mol. The number of anilines is 3. The van der Waals surface area contributed by atoms with Crippen LogP contribution in [0.15, 0.2) is 85.2 Å². The number of hydrogen-bond acceptors (Lipinski definition) is 5. The van der Waals surface area contributed by atoms with Crippen LogP contribution < -0.4 is 10.6 Å². The summed E-state index contributed by atoms with van der Waals surface area (Å²) in [5, 5.41) is 6.45. The van der Waals surface area contributed by atoms with Gasteiger partial charge in [-0.1, -0.05) is 36.4 Å². The maximum atomic E-state index is 13.2. The van der Waals surface area contributed by atoms with Crippen molar-refractivity contribution in [3.63, 3.8) is 0 Å². The molecule has 2 aromatic carbocycles. The number of aromatic nitrogens is 3. The molecular weight excluding hydrogens is 353 g/mol. The van der Waals surface area contributed by atoms with Gasteiger partial charge >= 0.3 is 0 Å². The molecular formula is C22H18FN5. The van der Waals surface area contributed by atoms with E-state index in [4.69, 9.17) is 0 Å². The summed E-state index contributed by atoms with van der Waals surface area (Å²) in [5.41, 5.74) is 3.53. The van der Waals surface area contributed by atoms with Crippen molar-refractivity contribution in [1.82, 2.24) is 15.0 Å². The second kappa shape index (κ2) is 8.26. The molecule has 2 aromatic heterocycles. The minimum absolute atomic E-state index is 0.289. The van der Waals surface area contributed by atoms with Crippen molar-refractivity contribution in [2.24, 2.45) is 0 Å². The van der Waals surface area contributed by atoms with E-state index in [1.54, 1.807) is 18.3 Å². The van der Waals surface area contributed by atoms with Crippen LogP contribution in [0.4, 0.5) is 21.8 Å². The van der Waals surface area contributed by atoms with Crippen LogP contribution in [0.3, 0.4) is 0 Å². The SMILES string of the molecule is Fc1ccc(Nc2nc(NCc3cccnc3)cc(-c3ccccc3)n2)cc1. The Morgan fingerprint density at radius 2 is 1.68 bits per heavy atom. The van der Waals surface area contributed by atoms with Gasteiger partial charge < -0.3 is 10.6 Å². The zero-order valence-electron chi connectivity index (χ0n) is 15.0. The molecule has 0 radical (unpaired) electrons. The molecule has 2 N–H and O–H groups in total. The lowest BCUT2D eigenvalue weighted by Gasteiger charge is -2.11. The molecule has 0 unspecified atom stereocenters. The highest BCUT2D eigenvalue weighted by molar-refractivity contribution is 5.66. The van der Waals surface area contributed by atoms with Gasteiger partial charge in [-0.25, -0.2) is 9.37 Å². The van der Waals surface area contributed by atoms with Crippen LogP contribution in [0.1, 0.15) is 5.56 Å². The van der Waals surface area contributed by atoms with Crippen molar-refractivity contribution >= 4 is 17.5 Å². The highest BCUT2D eigenvalue weighted by atomic mass is 19.1. The third-order valence-corrected chi connectivity index (χ3v) is 4.09. The molecule has 4 rings (SSSR count). The van der Waals surface area contributed by atoms with E-state index in [1.807, 2.05) is 54.7 Å². The number of pyridine rings is 1. The minimum Gasteiger partial charge on any atom is -0.366 e. The van der Waals surface area contributed by atoms with E-state index < -0.39 is 0 Å². The number of hydrogen-bond donors (Lipinski definition) is 2. The molecule has 0 bridgehead atoms. The molecule has 2 heterocycles. The van der Waals surface area contributed by atoms with Crippen LogP contribution in [-0.4, -0.2) is 15.0 Å². The standard InChI is InChI=1S/C22H18FN5/c23-18-8-10-19(11-9-18)26-22-27-20(17-6-2-1-3-7-17)13-21(28-22)25-15-16-5-4-12-24-14-16/h1-14H,15H2,(H2,25,26,27,28). The Morgan fingerprint density at radius 1 is 0.857 bits per heavy atom. The average Bonchev–Trinajstić information content (AvgIpc) is 2.75. The number of nitrogens with one attached hydrogen (secondary N) is 2. The maximum Gasteiger partial charge on any atom is 0.229 e. The summed E-state index contributed by atoms with van der Waals surface area (Å²) in [6.07, 6.45) is 3.55. The number of nitrogens with zero attached hydrogens (tertiary/aromatic N) is 3. The van der Waals surface area contributed by atoms with Crippen molar-refractivity contribution < 1.29 is 4.39 Å². The molecule has 6 heteroatoms. The van der Waals surface area contributed by atoms with Gasteiger partial charge in [0.25, 0.3) is 0 Å². The lowest BCUT2D eigenvalue weighted by molar-refractivity contribution is 0.628. The Bertz CT molecular complexity index is 1040. The lowest BCUT2D eigenvalue weighted by atomic mass is 10.1. The van der Waals surface area contributed by atoms with E-state index in [2.05, 4.69) is 25.6 Å².